The number of epoxide rings is 1. The summed E-state index contributed by atoms with van der Waals surface area (Å²) in [5, 5.41) is 0. The molecule has 0 radical (unpaired) electrons. The van der Waals surface area contributed by atoms with Gasteiger partial charge in [0, 0.05) is 11.8 Å². The van der Waals surface area contributed by atoms with E-state index in [1.165, 1.54) is 5.57 Å². The first-order valence-electron chi connectivity index (χ1n) is 6.94. The first-order valence-corrected chi connectivity index (χ1v) is 6.94. The molecule has 1 spiro atoms. The Labute approximate surface area is 108 Å². The number of ether oxygens (including phenoxy) is 2. The van der Waals surface area contributed by atoms with Gasteiger partial charge in [0.1, 0.15) is 11.4 Å². The summed E-state index contributed by atoms with van der Waals surface area (Å²) in [6.45, 7) is 7.22. The van der Waals surface area contributed by atoms with Gasteiger partial charge in [-0.3, -0.25) is 4.79 Å². The van der Waals surface area contributed by atoms with Gasteiger partial charge in [-0.1, -0.05) is 18.6 Å². The molecule has 0 aromatic carbocycles. The molecule has 0 amide bonds. The van der Waals surface area contributed by atoms with Crippen LogP contribution >= 0.6 is 0 Å². The molecule has 3 nitrogen and oxygen atoms in total. The second kappa shape index (κ2) is 2.91. The highest BCUT2D eigenvalue weighted by molar-refractivity contribution is 5.92. The van der Waals surface area contributed by atoms with Crippen LogP contribution in [-0.2, 0) is 14.3 Å². The quantitative estimate of drug-likeness (QED) is 0.487. The predicted molar refractivity (Wildman–Crippen MR) is 66.2 cm³/mol. The van der Waals surface area contributed by atoms with Crippen molar-refractivity contribution in [3.8, 4) is 0 Å². The normalized spacial score (nSPS) is 57.5. The van der Waals surface area contributed by atoms with Crippen molar-refractivity contribution < 1.29 is 14.3 Å². The Hall–Kier alpha value is -0.670. The summed E-state index contributed by atoms with van der Waals surface area (Å²) in [7, 11) is 0. The van der Waals surface area contributed by atoms with Gasteiger partial charge >= 0.3 is 0 Å². The largest absolute Gasteiger partial charge is 0.367 e. The highest BCUT2D eigenvalue weighted by Crippen LogP contribution is 2.69. The number of ketones is 1. The fraction of sp³-hybridized carbons (Fsp3) is 0.800. The molecule has 4 aliphatic rings. The summed E-state index contributed by atoms with van der Waals surface area (Å²) in [6, 6.07) is 0. The van der Waals surface area contributed by atoms with E-state index in [4.69, 9.17) is 9.47 Å². The van der Waals surface area contributed by atoms with E-state index >= 15 is 0 Å². The highest BCUT2D eigenvalue weighted by Gasteiger charge is 2.80. The average molecular weight is 248 g/mol. The summed E-state index contributed by atoms with van der Waals surface area (Å²) >= 11 is 0. The molecule has 0 aromatic heterocycles. The van der Waals surface area contributed by atoms with Crippen molar-refractivity contribution in [1.82, 2.24) is 0 Å². The molecular formula is C15H20O3. The van der Waals surface area contributed by atoms with E-state index in [1.807, 2.05) is 0 Å². The molecule has 5 atom stereocenters. The van der Waals surface area contributed by atoms with Crippen LogP contribution in [0.5, 0.6) is 0 Å². The number of Topliss-reactive ketones (excluding diaryl/α,β-unsaturated/α-hetero) is 1. The van der Waals surface area contributed by atoms with Crippen molar-refractivity contribution >= 4 is 5.78 Å². The summed E-state index contributed by atoms with van der Waals surface area (Å²) in [5.74, 6) is 0.350. The van der Waals surface area contributed by atoms with Gasteiger partial charge in [0.15, 0.2) is 0 Å². The van der Waals surface area contributed by atoms with E-state index in [0.717, 1.165) is 12.8 Å². The second-order valence-corrected chi connectivity index (χ2v) is 6.91. The fourth-order valence-electron chi connectivity index (χ4n) is 4.63. The lowest BCUT2D eigenvalue weighted by Gasteiger charge is -2.55. The Balaban J connectivity index is 1.90. The molecule has 2 bridgehead atoms. The first-order chi connectivity index (χ1) is 8.44. The van der Waals surface area contributed by atoms with Crippen LogP contribution in [0.2, 0.25) is 0 Å². The van der Waals surface area contributed by atoms with Crippen molar-refractivity contribution in [2.75, 3.05) is 6.61 Å². The second-order valence-electron chi connectivity index (χ2n) is 6.91. The maximum absolute atomic E-state index is 12.6. The summed E-state index contributed by atoms with van der Waals surface area (Å²) < 4.78 is 12.0. The minimum atomic E-state index is -0.356. The fourth-order valence-corrected chi connectivity index (χ4v) is 4.63. The molecule has 4 rings (SSSR count). The number of carbonyl (C=O) groups excluding carboxylic acids is 1. The number of carbonyl (C=O) groups is 1. The Morgan fingerprint density at radius 3 is 2.78 bits per heavy atom. The Kier molecular flexibility index (Phi) is 1.81. The number of rotatable bonds is 0. The van der Waals surface area contributed by atoms with E-state index in [0.29, 0.717) is 18.8 Å². The van der Waals surface area contributed by atoms with Crippen LogP contribution in [0.25, 0.3) is 0 Å². The van der Waals surface area contributed by atoms with Crippen LogP contribution in [0.15, 0.2) is 11.6 Å². The van der Waals surface area contributed by atoms with Crippen molar-refractivity contribution in [3.63, 3.8) is 0 Å². The van der Waals surface area contributed by atoms with Crippen molar-refractivity contribution in [1.29, 1.82) is 0 Å². The Morgan fingerprint density at radius 1 is 1.39 bits per heavy atom. The summed E-state index contributed by atoms with van der Waals surface area (Å²) in [5.41, 5.74) is 0.632. The standard InChI is InChI=1S/C15H20O3/c1-9-4-5-13(2)11(6-9)18-12-7-10(16)14(13,3)15(12)8-17-15/h6,11-12H,4-5,7-8H2,1-3H3/t11-,12?,13+,14-,15?/m1/s1. The van der Waals surface area contributed by atoms with Crippen molar-refractivity contribution in [2.45, 2.75) is 57.8 Å². The highest BCUT2D eigenvalue weighted by atomic mass is 16.6. The first kappa shape index (κ1) is 11.2. The molecule has 18 heavy (non-hydrogen) atoms. The van der Waals surface area contributed by atoms with E-state index in [9.17, 15) is 4.79 Å². The molecule has 2 heterocycles. The van der Waals surface area contributed by atoms with Gasteiger partial charge in [-0.25, -0.2) is 0 Å². The van der Waals surface area contributed by atoms with Gasteiger partial charge in [-0.15, -0.1) is 0 Å². The number of hydrogen-bond acceptors (Lipinski definition) is 3. The Morgan fingerprint density at radius 2 is 2.11 bits per heavy atom. The minimum absolute atomic E-state index is 0.0183. The van der Waals surface area contributed by atoms with Gasteiger partial charge in [-0.05, 0) is 26.7 Å². The number of hydrogen-bond donors (Lipinski definition) is 0. The topological polar surface area (TPSA) is 38.8 Å². The third-order valence-corrected chi connectivity index (χ3v) is 6.31. The zero-order valence-corrected chi connectivity index (χ0v) is 11.3. The van der Waals surface area contributed by atoms with E-state index in [2.05, 4.69) is 26.8 Å². The van der Waals surface area contributed by atoms with Crippen LogP contribution in [0.4, 0.5) is 0 Å². The van der Waals surface area contributed by atoms with Gasteiger partial charge in [0.2, 0.25) is 0 Å². The van der Waals surface area contributed by atoms with Gasteiger partial charge in [0.25, 0.3) is 0 Å². The summed E-state index contributed by atoms with van der Waals surface area (Å²) in [4.78, 5) is 12.6. The smallest absolute Gasteiger partial charge is 0.145 e. The van der Waals surface area contributed by atoms with Crippen LogP contribution in [0, 0.1) is 10.8 Å². The van der Waals surface area contributed by atoms with Crippen LogP contribution in [0.1, 0.15) is 40.0 Å². The van der Waals surface area contributed by atoms with Crippen molar-refractivity contribution in [2.24, 2.45) is 10.8 Å². The number of allylic oxidation sites excluding steroid dienone is 1. The molecule has 0 N–H and O–H groups in total. The molecule has 1 saturated carbocycles. The zero-order chi connectivity index (χ0) is 12.8. The molecule has 0 aromatic rings. The van der Waals surface area contributed by atoms with Gasteiger partial charge < -0.3 is 9.47 Å². The van der Waals surface area contributed by atoms with Crippen LogP contribution < -0.4 is 0 Å². The molecule has 98 valence electrons. The number of fused-ring (bicyclic) bond motifs is 2. The van der Waals surface area contributed by atoms with Crippen LogP contribution in [0.3, 0.4) is 0 Å². The lowest BCUT2D eigenvalue weighted by atomic mass is 9.52. The molecular weight excluding hydrogens is 228 g/mol. The predicted octanol–water partition coefficient (Wildman–Crippen LogP) is 2.25. The third-order valence-electron chi connectivity index (χ3n) is 6.31. The Bertz CT molecular complexity index is 476. The van der Waals surface area contributed by atoms with Crippen molar-refractivity contribution in [3.05, 3.63) is 11.6 Å². The van der Waals surface area contributed by atoms with E-state index in [-0.39, 0.29) is 28.6 Å². The molecule has 3 fully saturated rings. The lowest BCUT2D eigenvalue weighted by Crippen LogP contribution is -2.62. The molecule has 3 heteroatoms. The maximum Gasteiger partial charge on any atom is 0.145 e. The van der Waals surface area contributed by atoms with E-state index < -0.39 is 0 Å². The lowest BCUT2D eigenvalue weighted by molar-refractivity contribution is -0.191. The monoisotopic (exact) mass is 248 g/mol. The maximum atomic E-state index is 12.6. The third kappa shape index (κ3) is 0.925. The minimum Gasteiger partial charge on any atom is -0.367 e. The zero-order valence-electron chi connectivity index (χ0n) is 11.3. The molecule has 2 saturated heterocycles. The molecule has 2 aliphatic carbocycles. The van der Waals surface area contributed by atoms with E-state index in [1.54, 1.807) is 0 Å². The summed E-state index contributed by atoms with van der Waals surface area (Å²) in [6.07, 6.45) is 4.94. The molecule has 2 unspecified atom stereocenters. The van der Waals surface area contributed by atoms with Gasteiger partial charge in [0.05, 0.1) is 24.2 Å². The van der Waals surface area contributed by atoms with Gasteiger partial charge in [-0.2, -0.15) is 0 Å². The SMILES string of the molecule is CC1=C[C@H]2OC3CC(=O)[C@@](C)(C34CO4)[C@@]2(C)CC1. The average Bonchev–Trinajstić information content (AvgIpc) is 3.08. The molecule has 2 aliphatic heterocycles. The van der Waals surface area contributed by atoms with Crippen LogP contribution in [-0.4, -0.2) is 30.2 Å².